The summed E-state index contributed by atoms with van der Waals surface area (Å²) in [6.45, 7) is 14.7. The smallest absolute Gasteiger partial charge is 0.147 e. The predicted molar refractivity (Wildman–Crippen MR) is 75.4 cm³/mol. The molecule has 98 valence electrons. The van der Waals surface area contributed by atoms with E-state index in [4.69, 9.17) is 9.47 Å². The van der Waals surface area contributed by atoms with Gasteiger partial charge < -0.3 is 9.47 Å². The van der Waals surface area contributed by atoms with Crippen molar-refractivity contribution in [2.75, 3.05) is 13.2 Å². The Kier molecular flexibility index (Phi) is 5.17. The van der Waals surface area contributed by atoms with Gasteiger partial charge in [-0.05, 0) is 26.3 Å². The normalized spacial score (nSPS) is 13.7. The van der Waals surface area contributed by atoms with E-state index >= 15 is 0 Å². The molecule has 0 spiro atoms. The summed E-state index contributed by atoms with van der Waals surface area (Å²) in [6, 6.07) is 8.21. The maximum atomic E-state index is 5.88. The van der Waals surface area contributed by atoms with Crippen LogP contribution in [-0.4, -0.2) is 13.2 Å². The number of aryl methyl sites for hydroxylation is 1. The van der Waals surface area contributed by atoms with Crippen LogP contribution in [0.25, 0.3) is 0 Å². The van der Waals surface area contributed by atoms with Gasteiger partial charge in [0.15, 0.2) is 0 Å². The monoisotopic (exact) mass is 246 g/mol. The lowest BCUT2D eigenvalue weighted by Crippen LogP contribution is -2.29. The van der Waals surface area contributed by atoms with E-state index in [2.05, 4.69) is 32.2 Å². The topological polar surface area (TPSA) is 18.5 Å². The van der Waals surface area contributed by atoms with Gasteiger partial charge in [-0.25, -0.2) is 0 Å². The van der Waals surface area contributed by atoms with Gasteiger partial charge >= 0.3 is 0 Å². The van der Waals surface area contributed by atoms with Crippen molar-refractivity contribution in [3.8, 4) is 0 Å². The lowest BCUT2D eigenvalue weighted by atomic mass is 9.93. The Morgan fingerprint density at radius 1 is 1.33 bits per heavy atom. The molecule has 0 bridgehead atoms. The molecule has 0 fully saturated rings. The zero-order valence-electron chi connectivity index (χ0n) is 11.5. The second-order valence-electron chi connectivity index (χ2n) is 4.36. The van der Waals surface area contributed by atoms with Gasteiger partial charge in [0.05, 0.1) is 13.2 Å². The first-order valence-electron chi connectivity index (χ1n) is 6.18. The molecular weight excluding hydrogens is 224 g/mol. The third-order valence-electron chi connectivity index (χ3n) is 2.94. The van der Waals surface area contributed by atoms with Crippen molar-refractivity contribution in [3.63, 3.8) is 0 Å². The first kappa shape index (κ1) is 14.5. The second-order valence-corrected chi connectivity index (χ2v) is 4.36. The standard InChI is InChI=1S/C16H22O2/c1-6-12-18-16(5,14(4)17-7-2)15-10-8-13(3)9-11-15/h6,8-11H,1,4,7,12H2,2-3,5H3. The van der Waals surface area contributed by atoms with Gasteiger partial charge in [0.1, 0.15) is 11.4 Å². The predicted octanol–water partition coefficient (Wildman–Crippen LogP) is 3.96. The van der Waals surface area contributed by atoms with Crippen LogP contribution in [0.1, 0.15) is 25.0 Å². The van der Waals surface area contributed by atoms with E-state index in [9.17, 15) is 0 Å². The molecule has 0 saturated carbocycles. The average molecular weight is 246 g/mol. The van der Waals surface area contributed by atoms with Crippen LogP contribution in [0.2, 0.25) is 0 Å². The Bertz CT molecular complexity index is 406. The quantitative estimate of drug-likeness (QED) is 0.535. The van der Waals surface area contributed by atoms with Gasteiger partial charge in [-0.15, -0.1) is 6.58 Å². The molecule has 2 heteroatoms. The maximum Gasteiger partial charge on any atom is 0.147 e. The fraction of sp³-hybridized carbons (Fsp3) is 0.375. The van der Waals surface area contributed by atoms with E-state index in [0.29, 0.717) is 19.0 Å². The lowest BCUT2D eigenvalue weighted by Gasteiger charge is -2.31. The van der Waals surface area contributed by atoms with Crippen molar-refractivity contribution in [3.05, 3.63) is 60.4 Å². The SMILES string of the molecule is C=CCOC(C)(C(=C)OCC)c1ccc(C)cc1. The zero-order valence-corrected chi connectivity index (χ0v) is 11.5. The second kappa shape index (κ2) is 6.41. The van der Waals surface area contributed by atoms with E-state index in [0.717, 1.165) is 5.56 Å². The summed E-state index contributed by atoms with van der Waals surface area (Å²) in [6.07, 6.45) is 1.73. The molecule has 1 aromatic carbocycles. The summed E-state index contributed by atoms with van der Waals surface area (Å²) < 4.78 is 11.4. The van der Waals surface area contributed by atoms with Crippen LogP contribution in [-0.2, 0) is 15.1 Å². The van der Waals surface area contributed by atoms with Crippen LogP contribution >= 0.6 is 0 Å². The van der Waals surface area contributed by atoms with Gasteiger partial charge in [0, 0.05) is 0 Å². The fourth-order valence-electron chi connectivity index (χ4n) is 1.73. The number of hydrogen-bond acceptors (Lipinski definition) is 2. The molecule has 0 heterocycles. The van der Waals surface area contributed by atoms with Crippen LogP contribution in [0.4, 0.5) is 0 Å². The highest BCUT2D eigenvalue weighted by Gasteiger charge is 2.32. The van der Waals surface area contributed by atoms with E-state index in [1.165, 1.54) is 5.56 Å². The molecule has 2 nitrogen and oxygen atoms in total. The minimum Gasteiger partial charge on any atom is -0.495 e. The summed E-state index contributed by atoms with van der Waals surface area (Å²) in [7, 11) is 0. The van der Waals surface area contributed by atoms with E-state index in [1.807, 2.05) is 26.0 Å². The summed E-state index contributed by atoms with van der Waals surface area (Å²) in [4.78, 5) is 0. The highest BCUT2D eigenvalue weighted by atomic mass is 16.5. The Morgan fingerprint density at radius 3 is 2.44 bits per heavy atom. The molecule has 1 unspecified atom stereocenters. The van der Waals surface area contributed by atoms with Crippen molar-refractivity contribution < 1.29 is 9.47 Å². The van der Waals surface area contributed by atoms with Crippen molar-refractivity contribution in [2.24, 2.45) is 0 Å². The number of benzene rings is 1. The van der Waals surface area contributed by atoms with Crippen molar-refractivity contribution >= 4 is 0 Å². The molecule has 0 radical (unpaired) electrons. The molecule has 0 saturated heterocycles. The van der Waals surface area contributed by atoms with Crippen LogP contribution < -0.4 is 0 Å². The molecule has 0 aliphatic heterocycles. The molecular formula is C16H22O2. The third kappa shape index (κ3) is 3.23. The lowest BCUT2D eigenvalue weighted by molar-refractivity contribution is -0.0336. The summed E-state index contributed by atoms with van der Waals surface area (Å²) in [5.41, 5.74) is 1.61. The largest absolute Gasteiger partial charge is 0.495 e. The highest BCUT2D eigenvalue weighted by Crippen LogP contribution is 2.33. The number of rotatable bonds is 7. The van der Waals surface area contributed by atoms with Crippen molar-refractivity contribution in [1.82, 2.24) is 0 Å². The number of hydrogen-bond donors (Lipinski definition) is 0. The van der Waals surface area contributed by atoms with Crippen molar-refractivity contribution in [1.29, 1.82) is 0 Å². The Hall–Kier alpha value is -1.54. The van der Waals surface area contributed by atoms with Crippen LogP contribution in [0.3, 0.4) is 0 Å². The minimum atomic E-state index is -0.641. The minimum absolute atomic E-state index is 0.455. The van der Waals surface area contributed by atoms with Crippen LogP contribution in [0, 0.1) is 6.92 Å². The Labute approximate surface area is 110 Å². The van der Waals surface area contributed by atoms with Gasteiger partial charge in [0.2, 0.25) is 0 Å². The molecule has 1 rings (SSSR count). The highest BCUT2D eigenvalue weighted by molar-refractivity contribution is 5.31. The molecule has 1 atom stereocenters. The first-order valence-corrected chi connectivity index (χ1v) is 6.18. The summed E-state index contributed by atoms with van der Waals surface area (Å²) in [5, 5.41) is 0. The molecule has 0 N–H and O–H groups in total. The van der Waals surface area contributed by atoms with E-state index in [1.54, 1.807) is 6.08 Å². The van der Waals surface area contributed by atoms with Crippen molar-refractivity contribution in [2.45, 2.75) is 26.4 Å². The average Bonchev–Trinajstić information content (AvgIpc) is 2.37. The van der Waals surface area contributed by atoms with Gasteiger partial charge in [-0.2, -0.15) is 0 Å². The first-order chi connectivity index (χ1) is 8.54. The summed E-state index contributed by atoms with van der Waals surface area (Å²) in [5.74, 6) is 0.621. The molecule has 0 aromatic heterocycles. The molecule has 1 aromatic rings. The fourth-order valence-corrected chi connectivity index (χ4v) is 1.73. The zero-order chi connectivity index (χ0) is 13.6. The van der Waals surface area contributed by atoms with Gasteiger partial charge in [0.25, 0.3) is 0 Å². The summed E-state index contributed by atoms with van der Waals surface area (Å²) >= 11 is 0. The number of ether oxygens (including phenoxy) is 2. The van der Waals surface area contributed by atoms with Crippen LogP contribution in [0.5, 0.6) is 0 Å². The molecule has 18 heavy (non-hydrogen) atoms. The molecule has 0 amide bonds. The third-order valence-corrected chi connectivity index (χ3v) is 2.94. The maximum absolute atomic E-state index is 5.88. The Morgan fingerprint density at radius 2 is 1.94 bits per heavy atom. The molecule has 0 aliphatic rings. The van der Waals surface area contributed by atoms with Gasteiger partial charge in [-0.1, -0.05) is 42.5 Å². The van der Waals surface area contributed by atoms with Crippen LogP contribution in [0.15, 0.2) is 49.3 Å². The van der Waals surface area contributed by atoms with E-state index < -0.39 is 5.60 Å². The Balaban J connectivity index is 3.06. The molecule has 0 aliphatic carbocycles. The van der Waals surface area contributed by atoms with E-state index in [-0.39, 0.29) is 0 Å². The van der Waals surface area contributed by atoms with Gasteiger partial charge in [-0.3, -0.25) is 0 Å².